The molecule has 1 unspecified atom stereocenters. The first-order valence-electron chi connectivity index (χ1n) is 11.3. The third-order valence-corrected chi connectivity index (χ3v) is 5.98. The quantitative estimate of drug-likeness (QED) is 0.469. The number of carbonyl (C=O) groups is 1. The van der Waals surface area contributed by atoms with E-state index >= 15 is 0 Å². The van der Waals surface area contributed by atoms with Gasteiger partial charge in [-0.25, -0.2) is 4.79 Å². The first-order valence-corrected chi connectivity index (χ1v) is 11.3. The molecule has 3 heterocycles. The van der Waals surface area contributed by atoms with E-state index < -0.39 is 11.9 Å². The number of aryl methyl sites for hydroxylation is 1. The Hall–Kier alpha value is -4.34. The van der Waals surface area contributed by atoms with Crippen LogP contribution < -0.4 is 30.2 Å². The molecule has 2 aromatic heterocycles. The van der Waals surface area contributed by atoms with E-state index in [0.717, 1.165) is 0 Å². The van der Waals surface area contributed by atoms with Gasteiger partial charge in [-0.1, -0.05) is 0 Å². The van der Waals surface area contributed by atoms with Gasteiger partial charge < -0.3 is 38.4 Å². The molecule has 190 valence electrons. The number of methoxy groups -OCH3 is 3. The normalized spacial score (nSPS) is 14.6. The minimum Gasteiger partial charge on any atom is -0.493 e. The SMILES string of the molecule is CCOC(=O)C1=C(N)Oc2cc(C)n(Cc3ccco3)c(=O)c2C1c1cc(OC)c(OC)c(OC)c1. The third kappa shape index (κ3) is 4.26. The average molecular weight is 497 g/mol. The zero-order valence-corrected chi connectivity index (χ0v) is 20.7. The summed E-state index contributed by atoms with van der Waals surface area (Å²) < 4.78 is 34.6. The summed E-state index contributed by atoms with van der Waals surface area (Å²) in [6.45, 7) is 3.77. The molecule has 1 atom stereocenters. The summed E-state index contributed by atoms with van der Waals surface area (Å²) >= 11 is 0. The van der Waals surface area contributed by atoms with E-state index in [9.17, 15) is 9.59 Å². The number of ether oxygens (including phenoxy) is 5. The van der Waals surface area contributed by atoms with Crippen molar-refractivity contribution >= 4 is 5.97 Å². The third-order valence-electron chi connectivity index (χ3n) is 5.98. The molecule has 0 aliphatic carbocycles. The first-order chi connectivity index (χ1) is 17.3. The summed E-state index contributed by atoms with van der Waals surface area (Å²) in [5, 5.41) is 0. The van der Waals surface area contributed by atoms with Crippen LogP contribution in [-0.2, 0) is 16.1 Å². The van der Waals surface area contributed by atoms with Gasteiger partial charge in [0.15, 0.2) is 11.5 Å². The van der Waals surface area contributed by atoms with Gasteiger partial charge >= 0.3 is 5.97 Å². The van der Waals surface area contributed by atoms with Gasteiger partial charge in [0.1, 0.15) is 17.1 Å². The second-order valence-corrected chi connectivity index (χ2v) is 8.03. The van der Waals surface area contributed by atoms with E-state index in [4.69, 9.17) is 33.8 Å². The van der Waals surface area contributed by atoms with Gasteiger partial charge in [-0.3, -0.25) is 4.79 Å². The van der Waals surface area contributed by atoms with Crippen molar-refractivity contribution in [3.8, 4) is 23.0 Å². The molecule has 0 radical (unpaired) electrons. The fraction of sp³-hybridized carbons (Fsp3) is 0.308. The highest BCUT2D eigenvalue weighted by Gasteiger charge is 2.39. The highest BCUT2D eigenvalue weighted by Crippen LogP contribution is 2.46. The Labute approximate surface area is 207 Å². The molecule has 0 amide bonds. The molecule has 0 fully saturated rings. The van der Waals surface area contributed by atoms with Crippen molar-refractivity contribution in [2.45, 2.75) is 26.3 Å². The molecule has 2 N–H and O–H groups in total. The number of carbonyl (C=O) groups excluding carboxylic acids is 1. The highest BCUT2D eigenvalue weighted by molar-refractivity contribution is 5.92. The van der Waals surface area contributed by atoms with Crippen molar-refractivity contribution in [2.24, 2.45) is 5.73 Å². The van der Waals surface area contributed by atoms with Gasteiger partial charge in [-0.15, -0.1) is 0 Å². The van der Waals surface area contributed by atoms with Crippen molar-refractivity contribution in [1.82, 2.24) is 4.57 Å². The molecule has 0 saturated heterocycles. The number of esters is 1. The summed E-state index contributed by atoms with van der Waals surface area (Å²) in [5.41, 5.74) is 7.24. The largest absolute Gasteiger partial charge is 0.493 e. The Kier molecular flexibility index (Phi) is 6.96. The lowest BCUT2D eigenvalue weighted by molar-refractivity contribution is -0.139. The van der Waals surface area contributed by atoms with Crippen LogP contribution in [0.1, 0.15) is 35.4 Å². The van der Waals surface area contributed by atoms with E-state index in [2.05, 4.69) is 0 Å². The zero-order valence-electron chi connectivity index (χ0n) is 20.7. The molecule has 10 heteroatoms. The number of nitrogens with zero attached hydrogens (tertiary/aromatic N) is 1. The molecule has 36 heavy (non-hydrogen) atoms. The molecule has 1 aromatic carbocycles. The van der Waals surface area contributed by atoms with Gasteiger partial charge in [-0.05, 0) is 43.7 Å². The molecule has 0 bridgehead atoms. The number of hydrogen-bond donors (Lipinski definition) is 1. The average Bonchev–Trinajstić information content (AvgIpc) is 3.38. The Morgan fingerprint density at radius 3 is 2.36 bits per heavy atom. The van der Waals surface area contributed by atoms with E-state index in [1.165, 1.54) is 27.6 Å². The lowest BCUT2D eigenvalue weighted by Gasteiger charge is -2.29. The number of pyridine rings is 1. The van der Waals surface area contributed by atoms with E-state index in [0.29, 0.717) is 34.3 Å². The fourth-order valence-electron chi connectivity index (χ4n) is 4.35. The minimum absolute atomic E-state index is 0.00382. The van der Waals surface area contributed by atoms with Crippen LogP contribution in [0.25, 0.3) is 0 Å². The predicted octanol–water partition coefficient (Wildman–Crippen LogP) is 3.08. The summed E-state index contributed by atoms with van der Waals surface area (Å²) in [6.07, 6.45) is 1.54. The molecule has 4 rings (SSSR count). The van der Waals surface area contributed by atoms with E-state index in [1.807, 2.05) is 0 Å². The first kappa shape index (κ1) is 24.8. The maximum absolute atomic E-state index is 13.9. The van der Waals surface area contributed by atoms with Crippen molar-refractivity contribution in [3.63, 3.8) is 0 Å². The van der Waals surface area contributed by atoms with Crippen LogP contribution in [-0.4, -0.2) is 38.5 Å². The zero-order chi connectivity index (χ0) is 26.0. The maximum atomic E-state index is 13.9. The summed E-state index contributed by atoms with van der Waals surface area (Å²) in [7, 11) is 4.45. The van der Waals surface area contributed by atoms with Gasteiger partial charge in [0, 0.05) is 11.8 Å². The molecule has 1 aliphatic heterocycles. The van der Waals surface area contributed by atoms with Crippen molar-refractivity contribution < 1.29 is 32.9 Å². The number of fused-ring (bicyclic) bond motifs is 1. The molecular weight excluding hydrogens is 468 g/mol. The van der Waals surface area contributed by atoms with Gasteiger partial charge in [0.25, 0.3) is 5.56 Å². The maximum Gasteiger partial charge on any atom is 0.340 e. The Morgan fingerprint density at radius 1 is 1.11 bits per heavy atom. The smallest absolute Gasteiger partial charge is 0.340 e. The second-order valence-electron chi connectivity index (χ2n) is 8.03. The van der Waals surface area contributed by atoms with Gasteiger partial charge in [-0.2, -0.15) is 0 Å². The van der Waals surface area contributed by atoms with Crippen molar-refractivity contribution in [2.75, 3.05) is 27.9 Å². The highest BCUT2D eigenvalue weighted by atomic mass is 16.5. The monoisotopic (exact) mass is 496 g/mol. The summed E-state index contributed by atoms with van der Waals surface area (Å²) in [6, 6.07) is 8.58. The number of nitrogens with two attached hydrogens (primary N) is 1. The lowest BCUT2D eigenvalue weighted by Crippen LogP contribution is -2.35. The second kappa shape index (κ2) is 10.1. The number of benzene rings is 1. The lowest BCUT2D eigenvalue weighted by atomic mass is 9.83. The van der Waals surface area contributed by atoms with Crippen LogP contribution in [0.3, 0.4) is 0 Å². The van der Waals surface area contributed by atoms with Crippen molar-refractivity contribution in [1.29, 1.82) is 0 Å². The molecule has 10 nitrogen and oxygen atoms in total. The molecule has 0 saturated carbocycles. The van der Waals surface area contributed by atoms with E-state index in [1.54, 1.807) is 48.7 Å². The Bertz CT molecular complexity index is 1350. The predicted molar refractivity (Wildman–Crippen MR) is 130 cm³/mol. The number of aromatic nitrogens is 1. The summed E-state index contributed by atoms with van der Waals surface area (Å²) in [5.74, 6) is 0.135. The summed E-state index contributed by atoms with van der Waals surface area (Å²) in [4.78, 5) is 27.1. The van der Waals surface area contributed by atoms with Crippen LogP contribution in [0.2, 0.25) is 0 Å². The fourth-order valence-corrected chi connectivity index (χ4v) is 4.35. The van der Waals surface area contributed by atoms with Crippen LogP contribution in [0, 0.1) is 6.92 Å². The van der Waals surface area contributed by atoms with Crippen LogP contribution in [0.15, 0.2) is 57.3 Å². The van der Waals surface area contributed by atoms with Gasteiger partial charge in [0.2, 0.25) is 11.6 Å². The Balaban J connectivity index is 2.01. The van der Waals surface area contributed by atoms with Crippen LogP contribution in [0.4, 0.5) is 0 Å². The Morgan fingerprint density at radius 2 is 1.81 bits per heavy atom. The topological polar surface area (TPSA) is 124 Å². The van der Waals surface area contributed by atoms with Crippen LogP contribution >= 0.6 is 0 Å². The molecule has 1 aliphatic rings. The standard InChI is InChI=1S/C26H28N2O8/c1-6-34-26(30)22-20(15-11-18(31-3)23(33-5)19(12-15)32-4)21-17(36-24(22)27)10-14(2)28(25(21)29)13-16-8-7-9-35-16/h7-12,20H,6,13,27H2,1-5H3. The molecular formula is C26H28N2O8. The van der Waals surface area contributed by atoms with E-state index in [-0.39, 0.29) is 41.5 Å². The molecule has 0 spiro atoms. The van der Waals surface area contributed by atoms with Crippen molar-refractivity contribution in [3.05, 3.63) is 81.0 Å². The number of hydrogen-bond acceptors (Lipinski definition) is 9. The van der Waals surface area contributed by atoms with Gasteiger partial charge in [0.05, 0.1) is 52.2 Å². The number of furan rings is 1. The minimum atomic E-state index is -0.933. The van der Waals surface area contributed by atoms with Crippen LogP contribution in [0.5, 0.6) is 23.0 Å². The number of rotatable bonds is 8. The molecule has 3 aromatic rings.